The first-order valence-corrected chi connectivity index (χ1v) is 11.1. The first-order valence-electron chi connectivity index (χ1n) is 8.08. The summed E-state index contributed by atoms with van der Waals surface area (Å²) in [5.74, 6) is 2.10. The van der Waals surface area contributed by atoms with E-state index >= 15 is 0 Å². The molecule has 0 unspecified atom stereocenters. The van der Waals surface area contributed by atoms with Crippen LogP contribution >= 0.6 is 46.0 Å². The lowest BCUT2D eigenvalue weighted by molar-refractivity contribution is 0.171. The van der Waals surface area contributed by atoms with Gasteiger partial charge in [0.15, 0.2) is 15.8 Å². The third-order valence-electron chi connectivity index (χ3n) is 3.65. The smallest absolute Gasteiger partial charge is 0.206 e. The average molecular weight is 426 g/mol. The van der Waals surface area contributed by atoms with Crippen LogP contribution in [0.5, 0.6) is 11.5 Å². The Morgan fingerprint density at radius 2 is 2.15 bits per heavy atom. The van der Waals surface area contributed by atoms with Crippen molar-refractivity contribution in [3.63, 3.8) is 0 Å². The van der Waals surface area contributed by atoms with Crippen molar-refractivity contribution >= 4 is 51.2 Å². The van der Waals surface area contributed by atoms with Crippen LogP contribution in [0.25, 0.3) is 0 Å². The van der Waals surface area contributed by atoms with Gasteiger partial charge in [-0.2, -0.15) is 0 Å². The number of thiophene rings is 1. The molecule has 0 fully saturated rings. The molecule has 0 radical (unpaired) electrons. The van der Waals surface area contributed by atoms with Gasteiger partial charge < -0.3 is 14.8 Å². The minimum absolute atomic E-state index is 0.536. The molecule has 1 N–H and O–H groups in total. The molecule has 1 aliphatic heterocycles. The number of thioether (sulfide) groups is 1. The number of anilines is 1. The summed E-state index contributed by atoms with van der Waals surface area (Å²) in [5, 5.41) is 15.3. The number of nitrogens with one attached hydrogen (secondary N) is 1. The van der Waals surface area contributed by atoms with Crippen LogP contribution in [-0.4, -0.2) is 30.0 Å². The number of rotatable bonds is 7. The molecule has 0 saturated carbocycles. The average Bonchev–Trinajstić information content (AvgIpc) is 3.32. The number of ether oxygens (including phenoxy) is 2. The number of aromatic nitrogens is 2. The zero-order valence-electron chi connectivity index (χ0n) is 13.7. The summed E-state index contributed by atoms with van der Waals surface area (Å²) in [4.78, 5) is 1.37. The SMILES string of the molecule is Clc1cc(CSc2nnc(NCCc3cccs3)s2)cc2c1OCCO2. The van der Waals surface area contributed by atoms with E-state index in [4.69, 9.17) is 21.1 Å². The summed E-state index contributed by atoms with van der Waals surface area (Å²) in [7, 11) is 0. The maximum atomic E-state index is 6.28. The Balaban J connectivity index is 1.31. The molecule has 3 heterocycles. The molecule has 0 bridgehead atoms. The molecule has 1 aromatic carbocycles. The van der Waals surface area contributed by atoms with E-state index in [1.807, 2.05) is 12.1 Å². The maximum Gasteiger partial charge on any atom is 0.206 e. The molecule has 0 atom stereocenters. The van der Waals surface area contributed by atoms with Crippen LogP contribution in [0.4, 0.5) is 5.13 Å². The van der Waals surface area contributed by atoms with Gasteiger partial charge in [0.1, 0.15) is 13.2 Å². The van der Waals surface area contributed by atoms with Crippen molar-refractivity contribution < 1.29 is 9.47 Å². The van der Waals surface area contributed by atoms with Gasteiger partial charge in [-0.1, -0.05) is 40.8 Å². The van der Waals surface area contributed by atoms with Crippen LogP contribution in [0.2, 0.25) is 5.02 Å². The fourth-order valence-corrected chi connectivity index (χ4v) is 5.18. The summed E-state index contributed by atoms with van der Waals surface area (Å²) in [6.45, 7) is 1.95. The molecule has 3 aromatic rings. The van der Waals surface area contributed by atoms with Crippen LogP contribution in [0, 0.1) is 0 Å². The van der Waals surface area contributed by atoms with Crippen molar-refractivity contribution in [3.8, 4) is 11.5 Å². The number of halogens is 1. The van der Waals surface area contributed by atoms with E-state index in [9.17, 15) is 0 Å². The molecule has 4 rings (SSSR count). The molecule has 5 nitrogen and oxygen atoms in total. The van der Waals surface area contributed by atoms with Crippen molar-refractivity contribution in [2.45, 2.75) is 16.5 Å². The lowest BCUT2D eigenvalue weighted by atomic mass is 10.2. The molecule has 136 valence electrons. The molecule has 2 aromatic heterocycles. The zero-order chi connectivity index (χ0) is 17.8. The van der Waals surface area contributed by atoms with E-state index in [0.717, 1.165) is 33.8 Å². The highest BCUT2D eigenvalue weighted by atomic mass is 35.5. The Kier molecular flexibility index (Phi) is 5.84. The van der Waals surface area contributed by atoms with Gasteiger partial charge in [-0.25, -0.2) is 0 Å². The summed E-state index contributed by atoms with van der Waals surface area (Å²) >= 11 is 11.3. The highest BCUT2D eigenvalue weighted by molar-refractivity contribution is 8.00. The number of benzene rings is 1. The molecule has 0 saturated heterocycles. The molecule has 0 spiro atoms. The van der Waals surface area contributed by atoms with Crippen molar-refractivity contribution in [3.05, 3.63) is 45.1 Å². The molecular formula is C17H16ClN3O2S3. The van der Waals surface area contributed by atoms with Crippen LogP contribution < -0.4 is 14.8 Å². The third kappa shape index (κ3) is 4.43. The number of hydrogen-bond donors (Lipinski definition) is 1. The van der Waals surface area contributed by atoms with Crippen LogP contribution in [0.3, 0.4) is 0 Å². The summed E-state index contributed by atoms with van der Waals surface area (Å²) in [5.41, 5.74) is 1.08. The first kappa shape index (κ1) is 17.9. The second-order valence-electron chi connectivity index (χ2n) is 5.52. The lowest BCUT2D eigenvalue weighted by Gasteiger charge is -2.20. The maximum absolute atomic E-state index is 6.28. The summed E-state index contributed by atoms with van der Waals surface area (Å²) < 4.78 is 12.1. The van der Waals surface area contributed by atoms with E-state index in [1.165, 1.54) is 4.88 Å². The topological polar surface area (TPSA) is 56.3 Å². The normalized spacial score (nSPS) is 13.0. The Bertz CT molecular complexity index is 870. The monoisotopic (exact) mass is 425 g/mol. The molecular weight excluding hydrogens is 410 g/mol. The number of fused-ring (bicyclic) bond motifs is 1. The van der Waals surface area contributed by atoms with Crippen LogP contribution in [0.15, 0.2) is 34.0 Å². The zero-order valence-corrected chi connectivity index (χ0v) is 16.9. The van der Waals surface area contributed by atoms with E-state index in [-0.39, 0.29) is 0 Å². The van der Waals surface area contributed by atoms with Gasteiger partial charge in [-0.3, -0.25) is 0 Å². The Hall–Kier alpha value is -1.48. The quantitative estimate of drug-likeness (QED) is 0.539. The predicted octanol–water partition coefficient (Wildman–Crippen LogP) is 4.97. The van der Waals surface area contributed by atoms with Crippen molar-refractivity contribution in [2.75, 3.05) is 25.1 Å². The minimum Gasteiger partial charge on any atom is -0.486 e. The third-order valence-corrected chi connectivity index (χ3v) is 6.96. The van der Waals surface area contributed by atoms with Gasteiger partial charge in [0.25, 0.3) is 0 Å². The van der Waals surface area contributed by atoms with Gasteiger partial charge in [0, 0.05) is 17.2 Å². The lowest BCUT2D eigenvalue weighted by Crippen LogP contribution is -2.15. The van der Waals surface area contributed by atoms with Gasteiger partial charge in [-0.15, -0.1) is 21.5 Å². The van der Waals surface area contributed by atoms with Gasteiger partial charge >= 0.3 is 0 Å². The fourth-order valence-electron chi connectivity index (χ4n) is 2.48. The van der Waals surface area contributed by atoms with Gasteiger partial charge in [-0.05, 0) is 35.6 Å². The largest absolute Gasteiger partial charge is 0.486 e. The highest BCUT2D eigenvalue weighted by Gasteiger charge is 2.17. The molecule has 0 aliphatic carbocycles. The van der Waals surface area contributed by atoms with E-state index in [0.29, 0.717) is 29.7 Å². The van der Waals surface area contributed by atoms with E-state index in [1.54, 1.807) is 34.4 Å². The number of hydrogen-bond acceptors (Lipinski definition) is 8. The molecule has 0 amide bonds. The van der Waals surface area contributed by atoms with E-state index in [2.05, 4.69) is 33.0 Å². The molecule has 1 aliphatic rings. The van der Waals surface area contributed by atoms with Crippen molar-refractivity contribution in [2.24, 2.45) is 0 Å². The minimum atomic E-state index is 0.536. The second-order valence-corrected chi connectivity index (χ2v) is 9.16. The summed E-state index contributed by atoms with van der Waals surface area (Å²) in [6.07, 6.45) is 0.995. The molecule has 9 heteroatoms. The Morgan fingerprint density at radius 3 is 3.04 bits per heavy atom. The highest BCUT2D eigenvalue weighted by Crippen LogP contribution is 2.40. The Labute approximate surface area is 168 Å². The predicted molar refractivity (Wildman–Crippen MR) is 108 cm³/mol. The number of nitrogens with zero attached hydrogens (tertiary/aromatic N) is 2. The van der Waals surface area contributed by atoms with Crippen molar-refractivity contribution in [1.29, 1.82) is 0 Å². The Morgan fingerprint density at radius 1 is 1.23 bits per heavy atom. The van der Waals surface area contributed by atoms with Crippen molar-refractivity contribution in [1.82, 2.24) is 10.2 Å². The second kappa shape index (κ2) is 8.47. The van der Waals surface area contributed by atoms with Gasteiger partial charge in [0.2, 0.25) is 5.13 Å². The van der Waals surface area contributed by atoms with Crippen LogP contribution in [-0.2, 0) is 12.2 Å². The first-order chi connectivity index (χ1) is 12.8. The van der Waals surface area contributed by atoms with Gasteiger partial charge in [0.05, 0.1) is 5.02 Å². The standard InChI is InChI=1S/C17H16ClN3O2S3/c18-13-8-11(9-14-15(13)23-6-5-22-14)10-25-17-21-20-16(26-17)19-4-3-12-2-1-7-24-12/h1-2,7-9H,3-6,10H2,(H,19,20). The molecule has 26 heavy (non-hydrogen) atoms. The fraction of sp³-hybridized carbons (Fsp3) is 0.294. The summed E-state index contributed by atoms with van der Waals surface area (Å²) in [6, 6.07) is 8.12. The van der Waals surface area contributed by atoms with E-state index < -0.39 is 0 Å². The van der Waals surface area contributed by atoms with Crippen LogP contribution in [0.1, 0.15) is 10.4 Å².